The van der Waals surface area contributed by atoms with Crippen LogP contribution in [0.15, 0.2) is 91.1 Å². The van der Waals surface area contributed by atoms with Crippen LogP contribution in [0.1, 0.15) is 16.8 Å². The molecule has 0 atom stereocenters. The lowest BCUT2D eigenvalue weighted by Gasteiger charge is -2.13. The minimum atomic E-state index is -0.109. The second-order valence-corrected chi connectivity index (χ2v) is 8.33. The van der Waals surface area contributed by atoms with Crippen LogP contribution in [0.5, 0.6) is 5.75 Å². The van der Waals surface area contributed by atoms with Crippen LogP contribution >= 0.6 is 0 Å². The standard InChI is InChI=1S/C28H24BN5O2/c29-23-18-32-34-26(17-24(33-27(23)34)22-13-6-7-14-25(22)35)30-15-8-16-31-28(36)21-12-5-4-11-20(21)19-9-2-1-3-10-19/h1-7,9-14,17-18,30,35H,8,15-16H2,(H,31,36). The molecule has 36 heavy (non-hydrogen) atoms. The van der Waals surface area contributed by atoms with Gasteiger partial charge in [0, 0.05) is 36.5 Å². The fraction of sp³-hybridized carbons (Fsp3) is 0.107. The number of carbonyl (C=O) groups is 1. The Kier molecular flexibility index (Phi) is 6.66. The molecule has 176 valence electrons. The van der Waals surface area contributed by atoms with Crippen molar-refractivity contribution in [1.82, 2.24) is 19.9 Å². The number of hydrogen-bond acceptors (Lipinski definition) is 5. The van der Waals surface area contributed by atoms with Crippen molar-refractivity contribution in [2.45, 2.75) is 6.42 Å². The molecule has 5 rings (SSSR count). The predicted octanol–water partition coefficient (Wildman–Crippen LogP) is 3.79. The van der Waals surface area contributed by atoms with Crippen molar-refractivity contribution < 1.29 is 9.90 Å². The average molecular weight is 473 g/mol. The Bertz CT molecular complexity index is 1520. The Morgan fingerprint density at radius 3 is 2.44 bits per heavy atom. The van der Waals surface area contributed by atoms with Crippen LogP contribution in [-0.4, -0.2) is 46.5 Å². The number of phenolic OH excluding ortho intramolecular Hbond substituents is 1. The molecule has 0 aliphatic rings. The van der Waals surface area contributed by atoms with Crippen molar-refractivity contribution in [2.24, 2.45) is 0 Å². The number of para-hydroxylation sites is 1. The molecule has 0 spiro atoms. The smallest absolute Gasteiger partial charge is 0.251 e. The number of carbonyl (C=O) groups excluding carboxylic acids is 1. The summed E-state index contributed by atoms with van der Waals surface area (Å²) in [6.45, 7) is 1.08. The van der Waals surface area contributed by atoms with Crippen LogP contribution in [0, 0.1) is 0 Å². The van der Waals surface area contributed by atoms with Crippen molar-refractivity contribution in [1.29, 1.82) is 0 Å². The monoisotopic (exact) mass is 473 g/mol. The summed E-state index contributed by atoms with van der Waals surface area (Å²) in [4.78, 5) is 17.5. The van der Waals surface area contributed by atoms with Gasteiger partial charge in [0.25, 0.3) is 5.91 Å². The molecular weight excluding hydrogens is 449 g/mol. The van der Waals surface area contributed by atoms with Gasteiger partial charge in [-0.3, -0.25) is 4.79 Å². The second kappa shape index (κ2) is 10.4. The molecule has 0 fully saturated rings. The molecule has 2 aromatic heterocycles. The van der Waals surface area contributed by atoms with Gasteiger partial charge in [0.2, 0.25) is 0 Å². The van der Waals surface area contributed by atoms with E-state index in [1.54, 1.807) is 28.9 Å². The molecule has 2 heterocycles. The van der Waals surface area contributed by atoms with E-state index in [-0.39, 0.29) is 11.7 Å². The number of rotatable bonds is 8. The van der Waals surface area contributed by atoms with E-state index in [9.17, 15) is 9.90 Å². The number of hydrogen-bond donors (Lipinski definition) is 3. The number of anilines is 1. The minimum Gasteiger partial charge on any atom is -0.507 e. The summed E-state index contributed by atoms with van der Waals surface area (Å²) < 4.78 is 1.63. The Labute approximate surface area is 210 Å². The highest BCUT2D eigenvalue weighted by atomic mass is 16.3. The third kappa shape index (κ3) is 4.79. The van der Waals surface area contributed by atoms with Crippen molar-refractivity contribution >= 4 is 30.7 Å². The van der Waals surface area contributed by atoms with Gasteiger partial charge in [0.15, 0.2) is 5.65 Å². The third-order valence-electron chi connectivity index (χ3n) is 5.88. The number of amides is 1. The first kappa shape index (κ1) is 23.2. The van der Waals surface area contributed by atoms with Gasteiger partial charge in [0.05, 0.1) is 5.69 Å². The van der Waals surface area contributed by atoms with E-state index in [0.29, 0.717) is 53.3 Å². The fourth-order valence-electron chi connectivity index (χ4n) is 4.09. The molecular formula is C28H24BN5O2. The maximum absolute atomic E-state index is 12.9. The van der Waals surface area contributed by atoms with Crippen LogP contribution < -0.4 is 16.1 Å². The molecule has 0 aliphatic heterocycles. The van der Waals surface area contributed by atoms with Gasteiger partial charge < -0.3 is 15.7 Å². The molecule has 1 amide bonds. The molecule has 0 aliphatic carbocycles. The molecule has 7 nitrogen and oxygen atoms in total. The van der Waals surface area contributed by atoms with Gasteiger partial charge in [-0.15, -0.1) is 0 Å². The number of fused-ring (bicyclic) bond motifs is 1. The minimum absolute atomic E-state index is 0.109. The van der Waals surface area contributed by atoms with E-state index in [2.05, 4.69) is 20.7 Å². The molecule has 3 N–H and O–H groups in total. The maximum atomic E-state index is 12.9. The average Bonchev–Trinajstić information content (AvgIpc) is 3.29. The van der Waals surface area contributed by atoms with Crippen LogP contribution in [0.4, 0.5) is 5.82 Å². The number of benzene rings is 3. The van der Waals surface area contributed by atoms with Gasteiger partial charge in [-0.2, -0.15) is 9.61 Å². The first-order valence-corrected chi connectivity index (χ1v) is 11.7. The summed E-state index contributed by atoms with van der Waals surface area (Å²) in [7, 11) is 6.07. The van der Waals surface area contributed by atoms with Crippen LogP contribution in [0.3, 0.4) is 0 Å². The topological polar surface area (TPSA) is 91.5 Å². The van der Waals surface area contributed by atoms with Crippen LogP contribution in [0.2, 0.25) is 0 Å². The Morgan fingerprint density at radius 1 is 0.917 bits per heavy atom. The Balaban J connectivity index is 1.25. The van der Waals surface area contributed by atoms with Crippen molar-refractivity contribution in [3.63, 3.8) is 0 Å². The SMILES string of the molecule is [B]c1cnn2c(NCCCNC(=O)c3ccccc3-c3ccccc3)cc(-c3ccccc3O)nc12. The van der Waals surface area contributed by atoms with E-state index in [0.717, 1.165) is 11.1 Å². The Morgan fingerprint density at radius 2 is 1.64 bits per heavy atom. The lowest BCUT2D eigenvalue weighted by molar-refractivity contribution is 0.0954. The van der Waals surface area contributed by atoms with Crippen molar-refractivity contribution in [3.8, 4) is 28.1 Å². The van der Waals surface area contributed by atoms with Gasteiger partial charge >= 0.3 is 0 Å². The molecule has 2 radical (unpaired) electrons. The molecule has 0 saturated carbocycles. The lowest BCUT2D eigenvalue weighted by Crippen LogP contribution is -2.26. The number of aromatic hydroxyl groups is 1. The summed E-state index contributed by atoms with van der Waals surface area (Å²) in [6.07, 6.45) is 2.23. The number of nitrogens with zero attached hydrogens (tertiary/aromatic N) is 3. The van der Waals surface area contributed by atoms with Gasteiger partial charge in [-0.25, -0.2) is 4.98 Å². The summed E-state index contributed by atoms with van der Waals surface area (Å²) in [5, 5.41) is 21.0. The van der Waals surface area contributed by atoms with Crippen LogP contribution in [-0.2, 0) is 0 Å². The summed E-state index contributed by atoms with van der Waals surface area (Å²) in [5.41, 5.74) is 4.69. The van der Waals surface area contributed by atoms with E-state index in [1.807, 2.05) is 66.7 Å². The van der Waals surface area contributed by atoms with E-state index < -0.39 is 0 Å². The molecule has 0 unspecified atom stereocenters. The van der Waals surface area contributed by atoms with E-state index >= 15 is 0 Å². The number of nitrogens with one attached hydrogen (secondary N) is 2. The zero-order valence-corrected chi connectivity index (χ0v) is 19.6. The number of aromatic nitrogens is 3. The highest BCUT2D eigenvalue weighted by Gasteiger charge is 2.14. The van der Waals surface area contributed by atoms with Crippen molar-refractivity contribution in [2.75, 3.05) is 18.4 Å². The van der Waals surface area contributed by atoms with E-state index in [4.69, 9.17) is 7.85 Å². The maximum Gasteiger partial charge on any atom is 0.251 e. The molecule has 0 saturated heterocycles. The predicted molar refractivity (Wildman–Crippen MR) is 143 cm³/mol. The van der Waals surface area contributed by atoms with Gasteiger partial charge in [0.1, 0.15) is 19.4 Å². The lowest BCUT2D eigenvalue weighted by atomic mass is 9.99. The zero-order valence-electron chi connectivity index (χ0n) is 19.6. The highest BCUT2D eigenvalue weighted by molar-refractivity contribution is 6.36. The normalized spacial score (nSPS) is 10.9. The highest BCUT2D eigenvalue weighted by Crippen LogP contribution is 2.29. The summed E-state index contributed by atoms with van der Waals surface area (Å²) in [5.74, 6) is 0.718. The Hall–Kier alpha value is -4.59. The molecule has 5 aromatic rings. The van der Waals surface area contributed by atoms with Crippen molar-refractivity contribution in [3.05, 3.63) is 96.7 Å². The molecule has 3 aromatic carbocycles. The molecule has 0 bridgehead atoms. The largest absolute Gasteiger partial charge is 0.507 e. The zero-order chi connectivity index (χ0) is 24.9. The summed E-state index contributed by atoms with van der Waals surface area (Å²) in [6, 6.07) is 26.3. The van der Waals surface area contributed by atoms with Gasteiger partial charge in [-0.1, -0.05) is 60.7 Å². The first-order chi connectivity index (χ1) is 17.6. The van der Waals surface area contributed by atoms with Crippen LogP contribution in [0.25, 0.3) is 28.0 Å². The number of phenols is 1. The fourth-order valence-corrected chi connectivity index (χ4v) is 4.09. The second-order valence-electron chi connectivity index (χ2n) is 8.33. The summed E-state index contributed by atoms with van der Waals surface area (Å²) >= 11 is 0. The third-order valence-corrected chi connectivity index (χ3v) is 5.88. The van der Waals surface area contributed by atoms with E-state index in [1.165, 1.54) is 0 Å². The van der Waals surface area contributed by atoms with Gasteiger partial charge in [-0.05, 0) is 41.2 Å². The quantitative estimate of drug-likeness (QED) is 0.236. The molecule has 8 heteroatoms. The first-order valence-electron chi connectivity index (χ1n) is 11.7.